The third-order valence-electron chi connectivity index (χ3n) is 5.23. The number of carbonyl (C=O) groups excluding carboxylic acids is 2. The van der Waals surface area contributed by atoms with Gasteiger partial charge in [0.25, 0.3) is 0 Å². The fourth-order valence-corrected chi connectivity index (χ4v) is 3.74. The first kappa shape index (κ1) is 18.6. The minimum absolute atomic E-state index is 0.0835. The van der Waals surface area contributed by atoms with Gasteiger partial charge in [-0.2, -0.15) is 0 Å². The second-order valence-electron chi connectivity index (χ2n) is 8.31. The summed E-state index contributed by atoms with van der Waals surface area (Å²) in [6.45, 7) is 13.3. The molecule has 2 aliphatic heterocycles. The average Bonchev–Trinajstić information content (AvgIpc) is 2.99. The summed E-state index contributed by atoms with van der Waals surface area (Å²) in [4.78, 5) is 40.0. The van der Waals surface area contributed by atoms with Crippen LogP contribution in [0, 0.1) is 19.8 Å². The quantitative estimate of drug-likeness (QED) is 0.798. The maximum atomic E-state index is 12.9. The Kier molecular flexibility index (Phi) is 4.90. The van der Waals surface area contributed by atoms with E-state index >= 15 is 0 Å². The van der Waals surface area contributed by atoms with E-state index in [-0.39, 0.29) is 23.3 Å². The topological polar surface area (TPSA) is 69.6 Å². The van der Waals surface area contributed by atoms with Crippen molar-refractivity contribution in [3.8, 4) is 0 Å². The summed E-state index contributed by atoms with van der Waals surface area (Å²) >= 11 is 0. The molecule has 0 bridgehead atoms. The van der Waals surface area contributed by atoms with E-state index in [9.17, 15) is 9.59 Å². The van der Waals surface area contributed by atoms with E-state index in [2.05, 4.69) is 14.9 Å². The standard InChI is InChI=1S/C19H29N5O2/c1-13-11-20-14(2)17(21-13)22-6-8-23(9-7-22)18(26)15-10-16(25)24(12-15)19(3,4)5/h11,15H,6-10,12H2,1-5H3. The van der Waals surface area contributed by atoms with E-state index in [0.717, 1.165) is 30.3 Å². The van der Waals surface area contributed by atoms with Crippen LogP contribution in [0.5, 0.6) is 0 Å². The molecule has 7 heteroatoms. The summed E-state index contributed by atoms with van der Waals surface area (Å²) in [6.07, 6.45) is 2.11. The molecule has 3 heterocycles. The summed E-state index contributed by atoms with van der Waals surface area (Å²) in [6, 6.07) is 0. The first-order valence-corrected chi connectivity index (χ1v) is 9.31. The molecule has 1 aromatic rings. The van der Waals surface area contributed by atoms with Gasteiger partial charge in [0.05, 0.1) is 17.3 Å². The predicted octanol–water partition coefficient (Wildman–Crippen LogP) is 1.39. The summed E-state index contributed by atoms with van der Waals surface area (Å²) in [5.41, 5.74) is 1.58. The molecule has 0 N–H and O–H groups in total. The molecule has 2 fully saturated rings. The van der Waals surface area contributed by atoms with Crippen molar-refractivity contribution < 1.29 is 9.59 Å². The summed E-state index contributed by atoms with van der Waals surface area (Å²) in [5.74, 6) is 0.887. The van der Waals surface area contributed by atoms with Crippen LogP contribution in [-0.2, 0) is 9.59 Å². The zero-order valence-corrected chi connectivity index (χ0v) is 16.4. The highest BCUT2D eigenvalue weighted by atomic mass is 16.2. The molecular formula is C19H29N5O2. The highest BCUT2D eigenvalue weighted by Crippen LogP contribution is 2.27. The first-order chi connectivity index (χ1) is 12.2. The van der Waals surface area contributed by atoms with Gasteiger partial charge in [0, 0.05) is 50.9 Å². The Labute approximate surface area is 155 Å². The fraction of sp³-hybridized carbons (Fsp3) is 0.684. The Bertz CT molecular complexity index is 704. The minimum Gasteiger partial charge on any atom is -0.352 e. The van der Waals surface area contributed by atoms with Crippen LogP contribution < -0.4 is 4.90 Å². The van der Waals surface area contributed by atoms with Crippen LogP contribution in [0.3, 0.4) is 0 Å². The van der Waals surface area contributed by atoms with E-state index in [1.165, 1.54) is 0 Å². The van der Waals surface area contributed by atoms with Crippen LogP contribution in [0.4, 0.5) is 5.82 Å². The van der Waals surface area contributed by atoms with E-state index in [1.807, 2.05) is 44.4 Å². The van der Waals surface area contributed by atoms with Crippen LogP contribution in [0.25, 0.3) is 0 Å². The molecule has 2 amide bonds. The zero-order valence-electron chi connectivity index (χ0n) is 16.4. The van der Waals surface area contributed by atoms with Crippen LogP contribution in [0.1, 0.15) is 38.6 Å². The average molecular weight is 359 g/mol. The van der Waals surface area contributed by atoms with Gasteiger partial charge in [-0.15, -0.1) is 0 Å². The molecule has 26 heavy (non-hydrogen) atoms. The fourth-order valence-electron chi connectivity index (χ4n) is 3.74. The lowest BCUT2D eigenvalue weighted by molar-refractivity contribution is -0.136. The van der Waals surface area contributed by atoms with Crippen molar-refractivity contribution in [2.24, 2.45) is 5.92 Å². The lowest BCUT2D eigenvalue weighted by atomic mass is 10.1. The van der Waals surface area contributed by atoms with E-state index in [0.29, 0.717) is 26.1 Å². The summed E-state index contributed by atoms with van der Waals surface area (Å²) in [5, 5.41) is 0. The summed E-state index contributed by atoms with van der Waals surface area (Å²) < 4.78 is 0. The number of piperazine rings is 1. The number of nitrogens with zero attached hydrogens (tertiary/aromatic N) is 5. The van der Waals surface area contributed by atoms with E-state index in [1.54, 1.807) is 6.20 Å². The molecule has 3 rings (SSSR count). The third kappa shape index (κ3) is 3.66. The molecular weight excluding hydrogens is 330 g/mol. The van der Waals surface area contributed by atoms with Gasteiger partial charge < -0.3 is 14.7 Å². The SMILES string of the molecule is Cc1cnc(C)c(N2CCN(C(=O)C3CC(=O)N(C(C)(C)C)C3)CC2)n1. The van der Waals surface area contributed by atoms with Crippen molar-refractivity contribution in [3.05, 3.63) is 17.6 Å². The van der Waals surface area contributed by atoms with Gasteiger partial charge in [0.2, 0.25) is 11.8 Å². The maximum Gasteiger partial charge on any atom is 0.228 e. The van der Waals surface area contributed by atoms with Gasteiger partial charge in [-0.05, 0) is 34.6 Å². The molecule has 1 aromatic heterocycles. The molecule has 7 nitrogen and oxygen atoms in total. The molecule has 142 valence electrons. The largest absolute Gasteiger partial charge is 0.352 e. The Morgan fingerprint density at radius 3 is 2.38 bits per heavy atom. The van der Waals surface area contributed by atoms with Crippen molar-refractivity contribution in [1.29, 1.82) is 0 Å². The lowest BCUT2D eigenvalue weighted by Crippen LogP contribution is -2.51. The molecule has 1 unspecified atom stereocenters. The number of hydrogen-bond donors (Lipinski definition) is 0. The number of carbonyl (C=O) groups is 2. The number of likely N-dealkylation sites (tertiary alicyclic amines) is 1. The Morgan fingerprint density at radius 1 is 1.15 bits per heavy atom. The van der Waals surface area contributed by atoms with Gasteiger partial charge in [0.15, 0.2) is 0 Å². The smallest absolute Gasteiger partial charge is 0.228 e. The second kappa shape index (κ2) is 6.85. The van der Waals surface area contributed by atoms with Gasteiger partial charge in [-0.25, -0.2) is 4.98 Å². The van der Waals surface area contributed by atoms with Crippen LogP contribution >= 0.6 is 0 Å². The summed E-state index contributed by atoms with van der Waals surface area (Å²) in [7, 11) is 0. The highest BCUT2D eigenvalue weighted by molar-refractivity contribution is 5.89. The third-order valence-corrected chi connectivity index (χ3v) is 5.23. The van der Waals surface area contributed by atoms with Crippen molar-refractivity contribution in [2.45, 2.75) is 46.6 Å². The van der Waals surface area contributed by atoms with Crippen molar-refractivity contribution >= 4 is 17.6 Å². The van der Waals surface area contributed by atoms with Gasteiger partial charge in [0.1, 0.15) is 5.82 Å². The lowest BCUT2D eigenvalue weighted by Gasteiger charge is -2.37. The van der Waals surface area contributed by atoms with Crippen molar-refractivity contribution in [1.82, 2.24) is 19.8 Å². The highest BCUT2D eigenvalue weighted by Gasteiger charge is 2.41. The molecule has 0 radical (unpaired) electrons. The monoisotopic (exact) mass is 359 g/mol. The zero-order chi connectivity index (χ0) is 19.1. The van der Waals surface area contributed by atoms with Crippen molar-refractivity contribution in [3.63, 3.8) is 0 Å². The first-order valence-electron chi connectivity index (χ1n) is 9.31. The molecule has 2 aliphatic rings. The predicted molar refractivity (Wildman–Crippen MR) is 99.9 cm³/mol. The van der Waals surface area contributed by atoms with E-state index < -0.39 is 0 Å². The number of aryl methyl sites for hydroxylation is 2. The number of hydrogen-bond acceptors (Lipinski definition) is 5. The molecule has 0 saturated carbocycles. The van der Waals surface area contributed by atoms with Gasteiger partial charge in [-0.3, -0.25) is 14.6 Å². The van der Waals surface area contributed by atoms with Gasteiger partial charge in [-0.1, -0.05) is 0 Å². The van der Waals surface area contributed by atoms with Crippen LogP contribution in [0.2, 0.25) is 0 Å². The second-order valence-corrected chi connectivity index (χ2v) is 8.31. The minimum atomic E-state index is -0.230. The van der Waals surface area contributed by atoms with Gasteiger partial charge >= 0.3 is 0 Å². The van der Waals surface area contributed by atoms with Crippen LogP contribution in [0.15, 0.2) is 6.20 Å². The molecule has 1 atom stereocenters. The number of aromatic nitrogens is 2. The van der Waals surface area contributed by atoms with Crippen LogP contribution in [-0.4, -0.2) is 69.8 Å². The normalized spacial score (nSPS) is 21.5. The Morgan fingerprint density at radius 2 is 1.81 bits per heavy atom. The Hall–Kier alpha value is -2.18. The molecule has 2 saturated heterocycles. The number of rotatable bonds is 2. The molecule has 0 aliphatic carbocycles. The number of amides is 2. The number of anilines is 1. The van der Waals surface area contributed by atoms with Crippen molar-refractivity contribution in [2.75, 3.05) is 37.6 Å². The maximum absolute atomic E-state index is 12.9. The Balaban J connectivity index is 1.61. The molecule has 0 aromatic carbocycles. The molecule has 0 spiro atoms. The van der Waals surface area contributed by atoms with E-state index in [4.69, 9.17) is 0 Å².